The van der Waals surface area contributed by atoms with Crippen molar-refractivity contribution < 1.29 is 14.3 Å². The number of fused-ring (bicyclic) bond motifs is 1. The fraction of sp³-hybridized carbons (Fsp3) is 0.467. The molecule has 0 bridgehead atoms. The van der Waals surface area contributed by atoms with E-state index in [2.05, 4.69) is 5.10 Å². The van der Waals surface area contributed by atoms with Gasteiger partial charge in [-0.1, -0.05) is 0 Å². The molecule has 7 heteroatoms. The first kappa shape index (κ1) is 14.9. The van der Waals surface area contributed by atoms with E-state index >= 15 is 0 Å². The number of hydrogen-bond acceptors (Lipinski definition) is 5. The second kappa shape index (κ2) is 6.00. The quantitative estimate of drug-likeness (QED) is 0.867. The van der Waals surface area contributed by atoms with Crippen LogP contribution in [0.5, 0.6) is 11.5 Å². The van der Waals surface area contributed by atoms with Crippen LogP contribution in [0.15, 0.2) is 11.6 Å². The summed E-state index contributed by atoms with van der Waals surface area (Å²) in [5.41, 5.74) is 2.15. The molecular weight excluding hydrogens is 302 g/mol. The minimum atomic E-state index is -0.0552. The van der Waals surface area contributed by atoms with Gasteiger partial charge in [0.05, 0.1) is 6.20 Å². The summed E-state index contributed by atoms with van der Waals surface area (Å²) in [6.45, 7) is 6.44. The van der Waals surface area contributed by atoms with Gasteiger partial charge in [-0.05, 0) is 13.8 Å². The Labute approximate surface area is 133 Å². The van der Waals surface area contributed by atoms with E-state index in [-0.39, 0.29) is 5.91 Å². The molecule has 22 heavy (non-hydrogen) atoms. The van der Waals surface area contributed by atoms with E-state index in [9.17, 15) is 4.79 Å². The highest BCUT2D eigenvalue weighted by Gasteiger charge is 2.26. The van der Waals surface area contributed by atoms with Crippen LogP contribution in [0.2, 0.25) is 0 Å². The van der Waals surface area contributed by atoms with Crippen LogP contribution in [0.3, 0.4) is 0 Å². The molecule has 6 nitrogen and oxygen atoms in total. The Morgan fingerprint density at radius 3 is 2.95 bits per heavy atom. The van der Waals surface area contributed by atoms with Gasteiger partial charge in [0.1, 0.15) is 18.1 Å². The van der Waals surface area contributed by atoms with Gasteiger partial charge in [-0.3, -0.25) is 9.48 Å². The highest BCUT2D eigenvalue weighted by Crippen LogP contribution is 2.39. The number of aryl methyl sites for hydroxylation is 1. The van der Waals surface area contributed by atoms with Crippen LogP contribution < -0.4 is 9.47 Å². The molecule has 0 unspecified atom stereocenters. The van der Waals surface area contributed by atoms with E-state index < -0.39 is 0 Å². The van der Waals surface area contributed by atoms with Gasteiger partial charge in [-0.15, -0.1) is 11.3 Å². The molecule has 3 rings (SSSR count). The van der Waals surface area contributed by atoms with Crippen LogP contribution in [-0.4, -0.2) is 40.8 Å². The number of carbonyl (C=O) groups excluding carboxylic acids is 1. The molecule has 0 N–H and O–H groups in total. The van der Waals surface area contributed by atoms with Gasteiger partial charge < -0.3 is 14.4 Å². The molecule has 0 aromatic carbocycles. The summed E-state index contributed by atoms with van der Waals surface area (Å²) in [5.74, 6) is 1.19. The Balaban J connectivity index is 1.77. The minimum absolute atomic E-state index is 0.0552. The topological polar surface area (TPSA) is 56.6 Å². The largest absolute Gasteiger partial charge is 0.485 e. The van der Waals surface area contributed by atoms with Crippen molar-refractivity contribution in [3.05, 3.63) is 27.7 Å². The molecule has 0 fully saturated rings. The molecule has 1 aliphatic heterocycles. The third-order valence-electron chi connectivity index (χ3n) is 3.75. The Morgan fingerprint density at radius 2 is 2.23 bits per heavy atom. The second-order valence-corrected chi connectivity index (χ2v) is 6.07. The number of rotatable bonds is 4. The fourth-order valence-electron chi connectivity index (χ4n) is 2.47. The second-order valence-electron chi connectivity index (χ2n) is 5.19. The lowest BCUT2D eigenvalue weighted by molar-refractivity contribution is 0.0781. The molecule has 0 radical (unpaired) electrons. The first-order valence-corrected chi connectivity index (χ1v) is 8.13. The first-order chi connectivity index (χ1) is 10.6. The average molecular weight is 321 g/mol. The fourth-order valence-corrected chi connectivity index (χ4v) is 3.39. The van der Waals surface area contributed by atoms with Gasteiger partial charge >= 0.3 is 0 Å². The minimum Gasteiger partial charge on any atom is -0.485 e. The first-order valence-electron chi connectivity index (χ1n) is 7.25. The lowest BCUT2D eigenvalue weighted by Crippen LogP contribution is -2.26. The smallest absolute Gasteiger partial charge is 0.267 e. The Bertz CT molecular complexity index is 692. The SMILES string of the molecule is CCn1ncc(CN(C)C(=O)c2scc3c2OCCO3)c1C. The molecule has 0 aliphatic carbocycles. The number of carbonyl (C=O) groups is 1. The van der Waals surface area contributed by atoms with Crippen molar-refractivity contribution in [2.75, 3.05) is 20.3 Å². The van der Waals surface area contributed by atoms with Crippen molar-refractivity contribution in [1.82, 2.24) is 14.7 Å². The van der Waals surface area contributed by atoms with Crippen LogP contribution in [0.1, 0.15) is 27.9 Å². The zero-order valence-corrected chi connectivity index (χ0v) is 13.8. The number of thiophene rings is 1. The summed E-state index contributed by atoms with van der Waals surface area (Å²) in [5, 5.41) is 6.15. The van der Waals surface area contributed by atoms with E-state index in [0.717, 1.165) is 17.8 Å². The average Bonchev–Trinajstić information content (AvgIpc) is 3.11. The van der Waals surface area contributed by atoms with Gasteiger partial charge in [0.15, 0.2) is 11.5 Å². The van der Waals surface area contributed by atoms with E-state index in [1.54, 1.807) is 11.9 Å². The van der Waals surface area contributed by atoms with E-state index in [1.807, 2.05) is 30.1 Å². The van der Waals surface area contributed by atoms with E-state index in [0.29, 0.717) is 36.1 Å². The third-order valence-corrected chi connectivity index (χ3v) is 4.68. The van der Waals surface area contributed by atoms with Gasteiger partial charge in [-0.2, -0.15) is 5.10 Å². The van der Waals surface area contributed by atoms with Crippen molar-refractivity contribution in [3.63, 3.8) is 0 Å². The molecule has 2 aromatic heterocycles. The Morgan fingerprint density at radius 1 is 1.45 bits per heavy atom. The number of amides is 1. The zero-order chi connectivity index (χ0) is 15.7. The van der Waals surface area contributed by atoms with Crippen molar-refractivity contribution >= 4 is 17.2 Å². The summed E-state index contributed by atoms with van der Waals surface area (Å²) in [7, 11) is 1.79. The predicted molar refractivity (Wildman–Crippen MR) is 83.7 cm³/mol. The van der Waals surface area contributed by atoms with Crippen LogP contribution in [-0.2, 0) is 13.1 Å². The highest BCUT2D eigenvalue weighted by molar-refractivity contribution is 7.12. The van der Waals surface area contributed by atoms with Crippen molar-refractivity contribution in [2.45, 2.75) is 26.9 Å². The molecule has 118 valence electrons. The van der Waals surface area contributed by atoms with Gasteiger partial charge in [0.25, 0.3) is 5.91 Å². The Hall–Kier alpha value is -2.02. The van der Waals surface area contributed by atoms with E-state index in [1.165, 1.54) is 11.3 Å². The molecule has 1 aliphatic rings. The zero-order valence-electron chi connectivity index (χ0n) is 13.0. The van der Waals surface area contributed by atoms with Gasteiger partial charge in [0.2, 0.25) is 0 Å². The third kappa shape index (κ3) is 2.56. The molecule has 1 amide bonds. The number of hydrogen-bond donors (Lipinski definition) is 0. The van der Waals surface area contributed by atoms with Crippen LogP contribution in [0, 0.1) is 6.92 Å². The summed E-state index contributed by atoms with van der Waals surface area (Å²) < 4.78 is 13.0. The maximum absolute atomic E-state index is 12.6. The lowest BCUT2D eigenvalue weighted by atomic mass is 10.2. The van der Waals surface area contributed by atoms with Crippen LogP contribution in [0.4, 0.5) is 0 Å². The standard InChI is InChI=1S/C15H19N3O3S/c1-4-18-10(2)11(7-16-18)8-17(3)15(19)14-13-12(9-22-14)20-5-6-21-13/h7,9H,4-6,8H2,1-3H3. The van der Waals surface area contributed by atoms with Crippen LogP contribution >= 0.6 is 11.3 Å². The van der Waals surface area contributed by atoms with Crippen molar-refractivity contribution in [3.8, 4) is 11.5 Å². The molecule has 0 atom stereocenters. The molecule has 0 saturated heterocycles. The van der Waals surface area contributed by atoms with Gasteiger partial charge in [-0.25, -0.2) is 0 Å². The van der Waals surface area contributed by atoms with Crippen LogP contribution in [0.25, 0.3) is 0 Å². The van der Waals surface area contributed by atoms with E-state index in [4.69, 9.17) is 9.47 Å². The molecule has 0 saturated carbocycles. The van der Waals surface area contributed by atoms with Gasteiger partial charge in [0, 0.05) is 36.8 Å². The summed E-state index contributed by atoms with van der Waals surface area (Å²) in [6, 6.07) is 0. The predicted octanol–water partition coefficient (Wildman–Crippen LogP) is 2.32. The van der Waals surface area contributed by atoms with Crippen molar-refractivity contribution in [2.24, 2.45) is 0 Å². The molecule has 2 aromatic rings. The van der Waals surface area contributed by atoms with Crippen molar-refractivity contribution in [1.29, 1.82) is 0 Å². The lowest BCUT2D eigenvalue weighted by Gasteiger charge is -2.19. The molecule has 3 heterocycles. The summed E-state index contributed by atoms with van der Waals surface area (Å²) >= 11 is 1.36. The normalized spacial score (nSPS) is 13.2. The molecular formula is C15H19N3O3S. The summed E-state index contributed by atoms with van der Waals surface area (Å²) in [6.07, 6.45) is 1.83. The monoisotopic (exact) mass is 321 g/mol. The number of aromatic nitrogens is 2. The number of ether oxygens (including phenoxy) is 2. The summed E-state index contributed by atoms with van der Waals surface area (Å²) in [4.78, 5) is 14.9. The maximum Gasteiger partial charge on any atom is 0.267 e. The number of nitrogens with zero attached hydrogens (tertiary/aromatic N) is 3. The highest BCUT2D eigenvalue weighted by atomic mass is 32.1. The maximum atomic E-state index is 12.6. The Kier molecular flexibility index (Phi) is 4.06. The molecule has 0 spiro atoms.